The predicted molar refractivity (Wildman–Crippen MR) is 115 cm³/mol. The van der Waals surface area contributed by atoms with Gasteiger partial charge >= 0.3 is 156 Å². The number of unbranched alkanes of at least 4 members (excludes halogenated alkanes) is 4. The summed E-state index contributed by atoms with van der Waals surface area (Å²) >= 11 is 1.74. The van der Waals surface area contributed by atoms with Gasteiger partial charge in [-0.3, -0.25) is 0 Å². The van der Waals surface area contributed by atoms with Crippen LogP contribution in [0.3, 0.4) is 0 Å². The summed E-state index contributed by atoms with van der Waals surface area (Å²) < 4.78 is 6.61. The Morgan fingerprint density at radius 1 is 0.792 bits per heavy atom. The van der Waals surface area contributed by atoms with E-state index in [1.165, 1.54) is 76.0 Å². The van der Waals surface area contributed by atoms with Crippen LogP contribution in [0.4, 0.5) is 0 Å². The molecule has 0 aromatic rings. The molecule has 0 fully saturated rings. The average molecular weight is 379 g/mol. The molecule has 0 atom stereocenters. The van der Waals surface area contributed by atoms with E-state index in [0.29, 0.717) is 6.42 Å². The van der Waals surface area contributed by atoms with Crippen LogP contribution >= 0.6 is 18.6 Å². The molecule has 2 nitrogen and oxygen atoms in total. The standard InChI is InChI=1S/C20H43O2PS/c1-6-10-15-23(16-11-7-2,17-12-8-3,18-13-9-4)22-20(21)14-19-24-5/h6-19H2,1-5H3. The van der Waals surface area contributed by atoms with Gasteiger partial charge in [-0.2, -0.15) is 0 Å². The van der Waals surface area contributed by atoms with E-state index in [9.17, 15) is 4.79 Å². The molecule has 0 saturated carbocycles. The first-order valence-corrected chi connectivity index (χ1v) is 14.5. The van der Waals surface area contributed by atoms with Crippen molar-refractivity contribution in [2.24, 2.45) is 0 Å². The van der Waals surface area contributed by atoms with Gasteiger partial charge < -0.3 is 0 Å². The fraction of sp³-hybridized carbons (Fsp3) is 0.950. The van der Waals surface area contributed by atoms with Crippen LogP contribution in [0.1, 0.15) is 85.5 Å². The van der Waals surface area contributed by atoms with Crippen molar-refractivity contribution in [3.8, 4) is 0 Å². The molecule has 0 aromatic heterocycles. The minimum absolute atomic E-state index is 0.0847. The molecule has 24 heavy (non-hydrogen) atoms. The Bertz CT molecular complexity index is 290. The van der Waals surface area contributed by atoms with Crippen molar-refractivity contribution in [2.75, 3.05) is 36.7 Å². The zero-order valence-corrected chi connectivity index (χ0v) is 18.8. The van der Waals surface area contributed by atoms with Gasteiger partial charge in [-0.05, 0) is 0 Å². The summed E-state index contributed by atoms with van der Waals surface area (Å²) in [6.45, 7) is 6.66. The SMILES string of the molecule is CCCCP(CCCC)(CCCC)(CCCC)OC(=O)CCSC. The van der Waals surface area contributed by atoms with Crippen molar-refractivity contribution in [2.45, 2.75) is 85.5 Å². The first-order valence-electron chi connectivity index (χ1n) is 10.2. The second-order valence-electron chi connectivity index (χ2n) is 7.37. The summed E-state index contributed by atoms with van der Waals surface area (Å²) in [4.78, 5) is 12.7. The normalized spacial score (nSPS) is 13.5. The topological polar surface area (TPSA) is 26.3 Å². The molecule has 0 aliphatic heterocycles. The van der Waals surface area contributed by atoms with E-state index in [-0.39, 0.29) is 5.97 Å². The molecule has 0 spiro atoms. The molecule has 0 heterocycles. The van der Waals surface area contributed by atoms with Gasteiger partial charge in [0.1, 0.15) is 0 Å². The van der Waals surface area contributed by atoms with Crippen LogP contribution in [0.2, 0.25) is 0 Å². The first kappa shape index (κ1) is 24.2. The molecule has 0 aliphatic rings. The number of hydrogen-bond donors (Lipinski definition) is 0. The van der Waals surface area contributed by atoms with Crippen LogP contribution < -0.4 is 0 Å². The Morgan fingerprint density at radius 2 is 1.17 bits per heavy atom. The Hall–Kier alpha value is 0.250. The van der Waals surface area contributed by atoms with Crippen molar-refractivity contribution >= 4 is 24.6 Å². The van der Waals surface area contributed by atoms with E-state index in [4.69, 9.17) is 4.52 Å². The van der Waals surface area contributed by atoms with Crippen molar-refractivity contribution in [3.63, 3.8) is 0 Å². The molecule has 0 amide bonds. The molecule has 0 N–H and O–H groups in total. The summed E-state index contributed by atoms with van der Waals surface area (Å²) in [5.74, 6) is 0.968. The van der Waals surface area contributed by atoms with Crippen molar-refractivity contribution < 1.29 is 9.32 Å². The molecule has 0 aromatic carbocycles. The summed E-state index contributed by atoms with van der Waals surface area (Å²) in [5.41, 5.74) is 0. The number of carbonyl (C=O) groups excluding carboxylic acids is 1. The van der Waals surface area contributed by atoms with Gasteiger partial charge in [-0.25, -0.2) is 0 Å². The van der Waals surface area contributed by atoms with Gasteiger partial charge in [0.15, 0.2) is 0 Å². The molecular formula is C20H43O2PS. The Balaban J connectivity index is 5.59. The van der Waals surface area contributed by atoms with Crippen LogP contribution in [0.25, 0.3) is 0 Å². The quantitative estimate of drug-likeness (QED) is 0.272. The van der Waals surface area contributed by atoms with Crippen LogP contribution in [0.5, 0.6) is 0 Å². The van der Waals surface area contributed by atoms with E-state index in [0.717, 1.165) is 5.75 Å². The Labute approximate surface area is 156 Å². The molecule has 0 radical (unpaired) electrons. The fourth-order valence-corrected chi connectivity index (χ4v) is 10.8. The van der Waals surface area contributed by atoms with Crippen LogP contribution in [-0.2, 0) is 9.32 Å². The van der Waals surface area contributed by atoms with Gasteiger partial charge in [-0.1, -0.05) is 0 Å². The van der Waals surface area contributed by atoms with Gasteiger partial charge in [0.2, 0.25) is 0 Å². The van der Waals surface area contributed by atoms with Gasteiger partial charge in [-0.15, -0.1) is 0 Å². The van der Waals surface area contributed by atoms with Crippen LogP contribution in [0.15, 0.2) is 0 Å². The van der Waals surface area contributed by atoms with E-state index in [1.54, 1.807) is 11.8 Å². The zero-order chi connectivity index (χ0) is 18.3. The summed E-state index contributed by atoms with van der Waals surface area (Å²) in [6, 6.07) is 0. The number of thioether (sulfide) groups is 1. The van der Waals surface area contributed by atoms with Gasteiger partial charge in [0, 0.05) is 0 Å². The van der Waals surface area contributed by atoms with Gasteiger partial charge in [0.05, 0.1) is 0 Å². The number of hydrogen-bond acceptors (Lipinski definition) is 3. The van der Waals surface area contributed by atoms with E-state index >= 15 is 0 Å². The molecule has 146 valence electrons. The summed E-state index contributed by atoms with van der Waals surface area (Å²) in [7, 11) is 0. The van der Waals surface area contributed by atoms with E-state index < -0.39 is 6.83 Å². The molecule has 0 bridgehead atoms. The Morgan fingerprint density at radius 3 is 1.46 bits per heavy atom. The molecule has 4 heteroatoms. The van der Waals surface area contributed by atoms with Crippen LogP contribution in [0, 0.1) is 0 Å². The van der Waals surface area contributed by atoms with E-state index in [2.05, 4.69) is 34.0 Å². The summed E-state index contributed by atoms with van der Waals surface area (Å²) in [5, 5.41) is 0. The molecule has 0 unspecified atom stereocenters. The first-order chi connectivity index (χ1) is 11.5. The van der Waals surface area contributed by atoms with Gasteiger partial charge in [0.25, 0.3) is 0 Å². The summed E-state index contributed by atoms with van der Waals surface area (Å²) in [6.07, 6.45) is 17.0. The predicted octanol–water partition coefficient (Wildman–Crippen LogP) is 6.95. The third-order valence-electron chi connectivity index (χ3n) is 5.18. The number of rotatable bonds is 16. The molecule has 0 rings (SSSR count). The van der Waals surface area contributed by atoms with Crippen molar-refractivity contribution in [3.05, 3.63) is 0 Å². The molecule has 0 aliphatic carbocycles. The maximum absolute atomic E-state index is 12.7. The third-order valence-corrected chi connectivity index (χ3v) is 12.3. The Kier molecular flexibility index (Phi) is 13.6. The van der Waals surface area contributed by atoms with Crippen molar-refractivity contribution in [1.82, 2.24) is 0 Å². The molecular weight excluding hydrogens is 335 g/mol. The second kappa shape index (κ2) is 13.5. The second-order valence-corrected chi connectivity index (χ2v) is 14.0. The maximum atomic E-state index is 12.7. The number of carbonyl (C=O) groups is 1. The monoisotopic (exact) mass is 378 g/mol. The molecule has 0 saturated heterocycles. The average Bonchev–Trinajstić information content (AvgIpc) is 2.60. The van der Waals surface area contributed by atoms with Crippen LogP contribution in [-0.4, -0.2) is 42.6 Å². The third kappa shape index (κ3) is 8.56. The minimum atomic E-state index is -2.40. The zero-order valence-electron chi connectivity index (χ0n) is 17.1. The van der Waals surface area contributed by atoms with E-state index in [1.807, 2.05) is 0 Å². The van der Waals surface area contributed by atoms with Crippen molar-refractivity contribution in [1.29, 1.82) is 0 Å². The fourth-order valence-electron chi connectivity index (χ4n) is 3.60.